The second kappa shape index (κ2) is 7.11. The van der Waals surface area contributed by atoms with Gasteiger partial charge in [0.2, 0.25) is 0 Å². The van der Waals surface area contributed by atoms with Crippen LogP contribution in [0, 0.1) is 5.82 Å². The second-order valence-electron chi connectivity index (χ2n) is 6.31. The van der Waals surface area contributed by atoms with Gasteiger partial charge in [-0.05, 0) is 28.3 Å². The van der Waals surface area contributed by atoms with Crippen molar-refractivity contribution in [3.63, 3.8) is 0 Å². The number of fused-ring (bicyclic) bond motifs is 3. The van der Waals surface area contributed by atoms with Crippen LogP contribution < -0.4 is 5.32 Å². The van der Waals surface area contributed by atoms with E-state index in [0.29, 0.717) is 0 Å². The van der Waals surface area contributed by atoms with Crippen molar-refractivity contribution >= 4 is 17.7 Å². The molecule has 0 bridgehead atoms. The van der Waals surface area contributed by atoms with E-state index in [1.54, 1.807) is 0 Å². The zero-order valence-corrected chi connectivity index (χ0v) is 14.6. The predicted molar refractivity (Wildman–Crippen MR) is 99.8 cm³/mol. The smallest absolute Gasteiger partial charge is 0.411 e. The van der Waals surface area contributed by atoms with E-state index in [4.69, 9.17) is 9.84 Å². The molecule has 1 aliphatic carbocycles. The maximum atomic E-state index is 13.8. The molecule has 1 heterocycles. The summed E-state index contributed by atoms with van der Waals surface area (Å²) in [6, 6.07) is 16.7. The van der Waals surface area contributed by atoms with E-state index >= 15 is 0 Å². The SMILES string of the molecule is O=C(Nc1cc(C(=O)O)ncc1F)OCC1c2ccccc2-c2ccccc21. The number of nitrogens with one attached hydrogen (secondary N) is 1. The normalized spacial score (nSPS) is 12.2. The van der Waals surface area contributed by atoms with Crippen molar-refractivity contribution in [1.82, 2.24) is 4.98 Å². The van der Waals surface area contributed by atoms with Gasteiger partial charge in [0.05, 0.1) is 11.9 Å². The molecule has 140 valence electrons. The Morgan fingerprint density at radius 1 is 1.07 bits per heavy atom. The molecule has 0 unspecified atom stereocenters. The number of carbonyl (C=O) groups excluding carboxylic acids is 1. The van der Waals surface area contributed by atoms with Gasteiger partial charge in [0, 0.05) is 5.92 Å². The fourth-order valence-corrected chi connectivity index (χ4v) is 3.40. The van der Waals surface area contributed by atoms with E-state index in [2.05, 4.69) is 10.3 Å². The molecule has 1 amide bonds. The summed E-state index contributed by atoms with van der Waals surface area (Å²) in [6.45, 7) is 0.0678. The quantitative estimate of drug-likeness (QED) is 0.707. The van der Waals surface area contributed by atoms with Gasteiger partial charge in [0.1, 0.15) is 12.3 Å². The van der Waals surface area contributed by atoms with Crippen LogP contribution in [0.25, 0.3) is 11.1 Å². The van der Waals surface area contributed by atoms with E-state index < -0.39 is 17.9 Å². The van der Waals surface area contributed by atoms with Crippen LogP contribution in [0.5, 0.6) is 0 Å². The van der Waals surface area contributed by atoms with Gasteiger partial charge in [-0.3, -0.25) is 5.32 Å². The van der Waals surface area contributed by atoms with E-state index in [1.165, 1.54) is 0 Å². The topological polar surface area (TPSA) is 88.5 Å². The Kier molecular flexibility index (Phi) is 4.49. The van der Waals surface area contributed by atoms with Crippen LogP contribution in [0.4, 0.5) is 14.9 Å². The zero-order valence-electron chi connectivity index (χ0n) is 14.6. The molecule has 0 aliphatic heterocycles. The van der Waals surface area contributed by atoms with Crippen LogP contribution in [-0.4, -0.2) is 28.8 Å². The number of pyridine rings is 1. The van der Waals surface area contributed by atoms with Gasteiger partial charge in [-0.1, -0.05) is 48.5 Å². The number of hydrogen-bond acceptors (Lipinski definition) is 4. The highest BCUT2D eigenvalue weighted by Crippen LogP contribution is 2.44. The monoisotopic (exact) mass is 378 g/mol. The Morgan fingerprint density at radius 3 is 2.29 bits per heavy atom. The molecule has 7 heteroatoms. The zero-order chi connectivity index (χ0) is 19.7. The lowest BCUT2D eigenvalue weighted by Crippen LogP contribution is -2.19. The van der Waals surface area contributed by atoms with Gasteiger partial charge in [-0.15, -0.1) is 0 Å². The number of carbonyl (C=O) groups is 2. The van der Waals surface area contributed by atoms with Gasteiger partial charge in [0.15, 0.2) is 5.82 Å². The number of rotatable bonds is 4. The first-order valence-corrected chi connectivity index (χ1v) is 8.55. The van der Waals surface area contributed by atoms with E-state index in [0.717, 1.165) is 34.5 Å². The number of carboxylic acids is 1. The van der Waals surface area contributed by atoms with Crippen molar-refractivity contribution in [1.29, 1.82) is 0 Å². The predicted octanol–water partition coefficient (Wildman–Crippen LogP) is 4.28. The molecule has 0 atom stereocenters. The number of benzene rings is 2. The lowest BCUT2D eigenvalue weighted by molar-refractivity contribution is 0.0690. The molecule has 28 heavy (non-hydrogen) atoms. The van der Waals surface area contributed by atoms with Crippen molar-refractivity contribution < 1.29 is 23.8 Å². The summed E-state index contributed by atoms with van der Waals surface area (Å²) < 4.78 is 19.1. The van der Waals surface area contributed by atoms with E-state index in [1.807, 2.05) is 48.5 Å². The van der Waals surface area contributed by atoms with Gasteiger partial charge >= 0.3 is 12.1 Å². The Morgan fingerprint density at radius 2 is 1.68 bits per heavy atom. The number of amides is 1. The number of hydrogen-bond donors (Lipinski definition) is 2. The number of nitrogens with zero attached hydrogens (tertiary/aromatic N) is 1. The third kappa shape index (κ3) is 3.18. The van der Waals surface area contributed by atoms with Crippen LogP contribution in [0.1, 0.15) is 27.5 Å². The highest BCUT2D eigenvalue weighted by atomic mass is 19.1. The number of halogens is 1. The van der Waals surface area contributed by atoms with Crippen LogP contribution in [0.3, 0.4) is 0 Å². The molecule has 0 saturated carbocycles. The summed E-state index contributed by atoms with van der Waals surface area (Å²) in [7, 11) is 0. The number of anilines is 1. The molecule has 2 N–H and O–H groups in total. The second-order valence-corrected chi connectivity index (χ2v) is 6.31. The van der Waals surface area contributed by atoms with Crippen LogP contribution in [0.15, 0.2) is 60.8 Å². The summed E-state index contributed by atoms with van der Waals surface area (Å²) in [5.41, 5.74) is 3.62. The molecule has 3 aromatic rings. The summed E-state index contributed by atoms with van der Waals surface area (Å²) in [6.07, 6.45) is -0.133. The minimum atomic E-state index is -1.32. The fourth-order valence-electron chi connectivity index (χ4n) is 3.40. The fraction of sp³-hybridized carbons (Fsp3) is 0.0952. The van der Waals surface area contributed by atoms with Crippen LogP contribution in [-0.2, 0) is 4.74 Å². The van der Waals surface area contributed by atoms with Gasteiger partial charge in [0.25, 0.3) is 0 Å². The third-order valence-corrected chi connectivity index (χ3v) is 4.65. The Hall–Kier alpha value is -3.74. The molecule has 4 rings (SSSR count). The average Bonchev–Trinajstić information content (AvgIpc) is 3.02. The first-order chi connectivity index (χ1) is 13.5. The molecule has 0 spiro atoms. The first-order valence-electron chi connectivity index (χ1n) is 8.55. The molecule has 1 aromatic heterocycles. The lowest BCUT2D eigenvalue weighted by Gasteiger charge is -2.14. The summed E-state index contributed by atoms with van der Waals surface area (Å²) in [5, 5.41) is 11.2. The van der Waals surface area contributed by atoms with E-state index in [-0.39, 0.29) is 23.9 Å². The summed E-state index contributed by atoms with van der Waals surface area (Å²) >= 11 is 0. The minimum Gasteiger partial charge on any atom is -0.477 e. The van der Waals surface area contributed by atoms with E-state index in [9.17, 15) is 14.0 Å². The first kappa shape index (κ1) is 17.7. The Labute approximate surface area is 159 Å². The molecular weight excluding hydrogens is 363 g/mol. The van der Waals surface area contributed by atoms with Crippen molar-refractivity contribution in [2.75, 3.05) is 11.9 Å². The largest absolute Gasteiger partial charge is 0.477 e. The standard InChI is InChI=1S/C21H15FN2O4/c22-17-10-23-19(20(25)26)9-18(17)24-21(27)28-11-16-14-7-3-1-5-12(14)13-6-2-4-8-15(13)16/h1-10,16H,11H2,(H,25,26)(H,23,24,27). The molecule has 6 nitrogen and oxygen atoms in total. The Balaban J connectivity index is 1.50. The lowest BCUT2D eigenvalue weighted by atomic mass is 9.98. The molecular formula is C21H15FN2O4. The van der Waals surface area contributed by atoms with Gasteiger partial charge in [-0.2, -0.15) is 0 Å². The number of ether oxygens (including phenoxy) is 1. The maximum Gasteiger partial charge on any atom is 0.411 e. The van der Waals surface area contributed by atoms with Crippen LogP contribution in [0.2, 0.25) is 0 Å². The van der Waals surface area contributed by atoms with Crippen LogP contribution >= 0.6 is 0 Å². The minimum absolute atomic E-state index is 0.0678. The van der Waals surface area contributed by atoms with Crippen molar-refractivity contribution in [3.8, 4) is 11.1 Å². The number of carboxylic acid groups (broad SMARTS) is 1. The summed E-state index contributed by atoms with van der Waals surface area (Å²) in [5.74, 6) is -2.30. The van der Waals surface area contributed by atoms with Gasteiger partial charge in [-0.25, -0.2) is 19.0 Å². The van der Waals surface area contributed by atoms with Crippen molar-refractivity contribution in [2.45, 2.75) is 5.92 Å². The maximum absolute atomic E-state index is 13.8. The highest BCUT2D eigenvalue weighted by molar-refractivity contribution is 5.90. The number of aromatic nitrogens is 1. The highest BCUT2D eigenvalue weighted by Gasteiger charge is 2.29. The molecule has 0 fully saturated rings. The van der Waals surface area contributed by atoms with Gasteiger partial charge < -0.3 is 9.84 Å². The van der Waals surface area contributed by atoms with Crippen molar-refractivity contribution in [2.24, 2.45) is 0 Å². The summed E-state index contributed by atoms with van der Waals surface area (Å²) in [4.78, 5) is 26.6. The molecule has 1 aliphatic rings. The molecule has 0 saturated heterocycles. The number of aromatic carboxylic acids is 1. The third-order valence-electron chi connectivity index (χ3n) is 4.65. The van der Waals surface area contributed by atoms with Crippen molar-refractivity contribution in [3.05, 3.63) is 83.4 Å². The average molecular weight is 378 g/mol. The molecule has 2 aromatic carbocycles. The Bertz CT molecular complexity index is 1040. The molecule has 0 radical (unpaired) electrons.